The number of aliphatic hydroxyl groups is 1. The van der Waals surface area contributed by atoms with Crippen molar-refractivity contribution in [2.45, 2.75) is 13.0 Å². The minimum Gasteiger partial charge on any atom is -0.508 e. The Morgan fingerprint density at radius 3 is 2.40 bits per heavy atom. The monoisotopic (exact) mass is 486 g/mol. The van der Waals surface area contributed by atoms with Gasteiger partial charge in [-0.3, -0.25) is 14.5 Å². The van der Waals surface area contributed by atoms with Gasteiger partial charge >= 0.3 is 0 Å². The van der Waals surface area contributed by atoms with Crippen molar-refractivity contribution >= 4 is 28.7 Å². The Kier molecular flexibility index (Phi) is 5.66. The van der Waals surface area contributed by atoms with Gasteiger partial charge in [0.25, 0.3) is 5.91 Å². The molecule has 0 saturated heterocycles. The number of aliphatic hydroxyl groups excluding tert-OH is 1. The van der Waals surface area contributed by atoms with Gasteiger partial charge in [0.05, 0.1) is 22.2 Å². The van der Waals surface area contributed by atoms with Gasteiger partial charge in [0.15, 0.2) is 5.76 Å². The van der Waals surface area contributed by atoms with Crippen LogP contribution in [0.25, 0.3) is 10.6 Å². The zero-order chi connectivity index (χ0) is 24.7. The number of hydrogen-bond donors (Lipinski definition) is 2. The number of rotatable bonds is 5. The molecule has 0 fully saturated rings. The molecule has 0 spiro atoms. The van der Waals surface area contributed by atoms with E-state index in [0.717, 1.165) is 5.56 Å². The summed E-state index contributed by atoms with van der Waals surface area (Å²) in [7, 11) is 0. The lowest BCUT2D eigenvalue weighted by Crippen LogP contribution is -2.31. The van der Waals surface area contributed by atoms with Crippen LogP contribution in [-0.2, 0) is 4.79 Å². The largest absolute Gasteiger partial charge is 0.508 e. The summed E-state index contributed by atoms with van der Waals surface area (Å²) < 4.78 is 13.6. The Balaban J connectivity index is 1.64. The third-order valence-corrected chi connectivity index (χ3v) is 6.97. The standard InChI is InChI=1S/C27H19FN2O4S/c1-15-25(35-26(29-15)16-6-3-2-4-7-16)23(32)21-22(17-8-5-9-20(31)14-17)30(27(34)24(21)33)19-12-10-18(28)11-13-19/h2-14,22,31,33H,1H3. The van der Waals surface area contributed by atoms with Crippen LogP contribution in [0, 0.1) is 12.7 Å². The van der Waals surface area contributed by atoms with Crippen LogP contribution in [0.2, 0.25) is 0 Å². The highest BCUT2D eigenvalue weighted by Crippen LogP contribution is 2.43. The lowest BCUT2D eigenvalue weighted by molar-refractivity contribution is -0.117. The van der Waals surface area contributed by atoms with E-state index >= 15 is 0 Å². The molecular formula is C27H19FN2O4S. The number of amides is 1. The van der Waals surface area contributed by atoms with Crippen molar-refractivity contribution in [1.82, 2.24) is 4.98 Å². The molecular weight excluding hydrogens is 467 g/mol. The number of aromatic nitrogens is 1. The molecule has 2 heterocycles. The van der Waals surface area contributed by atoms with E-state index in [1.807, 2.05) is 30.3 Å². The molecule has 1 amide bonds. The minimum atomic E-state index is -1.03. The maximum absolute atomic E-state index is 13.8. The van der Waals surface area contributed by atoms with Crippen LogP contribution in [0.15, 0.2) is 90.2 Å². The van der Waals surface area contributed by atoms with E-state index in [2.05, 4.69) is 4.98 Å². The van der Waals surface area contributed by atoms with Crippen molar-refractivity contribution in [2.75, 3.05) is 4.90 Å². The second kappa shape index (κ2) is 8.81. The van der Waals surface area contributed by atoms with Crippen LogP contribution in [-0.4, -0.2) is 26.9 Å². The van der Waals surface area contributed by atoms with Gasteiger partial charge in [0.1, 0.15) is 16.6 Å². The predicted molar refractivity (Wildman–Crippen MR) is 131 cm³/mol. The summed E-state index contributed by atoms with van der Waals surface area (Å²) in [5.41, 5.74) is 1.90. The van der Waals surface area contributed by atoms with Crippen LogP contribution in [0.1, 0.15) is 27.0 Å². The third-order valence-electron chi connectivity index (χ3n) is 5.77. The minimum absolute atomic E-state index is 0.0625. The molecule has 0 radical (unpaired) electrons. The van der Waals surface area contributed by atoms with Crippen molar-refractivity contribution in [3.63, 3.8) is 0 Å². The summed E-state index contributed by atoms with van der Waals surface area (Å²) in [5, 5.41) is 21.6. The molecule has 5 rings (SSSR count). The number of halogens is 1. The van der Waals surface area contributed by atoms with Gasteiger partial charge in [0.2, 0.25) is 5.78 Å². The zero-order valence-electron chi connectivity index (χ0n) is 18.5. The predicted octanol–water partition coefficient (Wildman–Crippen LogP) is 5.75. The molecule has 1 aliphatic heterocycles. The van der Waals surface area contributed by atoms with Crippen LogP contribution in [0.3, 0.4) is 0 Å². The molecule has 0 bridgehead atoms. The normalized spacial score (nSPS) is 15.7. The molecule has 2 N–H and O–H groups in total. The zero-order valence-corrected chi connectivity index (χ0v) is 19.3. The summed E-state index contributed by atoms with van der Waals surface area (Å²) in [6.45, 7) is 1.70. The number of thiazole rings is 1. The van der Waals surface area contributed by atoms with Crippen LogP contribution in [0.4, 0.5) is 10.1 Å². The molecule has 8 heteroatoms. The molecule has 3 aromatic carbocycles. The number of nitrogens with zero attached hydrogens (tertiary/aromatic N) is 2. The number of aromatic hydroxyl groups is 1. The number of ketones is 1. The topological polar surface area (TPSA) is 90.7 Å². The van der Waals surface area contributed by atoms with Crippen LogP contribution in [0.5, 0.6) is 5.75 Å². The Bertz CT molecular complexity index is 1480. The van der Waals surface area contributed by atoms with Crippen molar-refractivity contribution in [2.24, 2.45) is 0 Å². The Labute approximate surface area is 204 Å². The molecule has 1 atom stereocenters. The van der Waals surface area contributed by atoms with Gasteiger partial charge in [-0.15, -0.1) is 11.3 Å². The number of Topliss-reactive ketones (excluding diaryl/α,β-unsaturated/α-hetero) is 1. The van der Waals surface area contributed by atoms with Gasteiger partial charge in [-0.1, -0.05) is 42.5 Å². The number of carbonyl (C=O) groups excluding carboxylic acids is 2. The first-order chi connectivity index (χ1) is 16.8. The van der Waals surface area contributed by atoms with Gasteiger partial charge in [0, 0.05) is 11.3 Å². The van der Waals surface area contributed by atoms with Crippen molar-refractivity contribution < 1.29 is 24.2 Å². The number of benzene rings is 3. The number of aryl methyl sites for hydroxylation is 1. The second-order valence-electron chi connectivity index (χ2n) is 8.04. The summed E-state index contributed by atoms with van der Waals surface area (Å²) in [4.78, 5) is 33.1. The van der Waals surface area contributed by atoms with Crippen LogP contribution < -0.4 is 4.90 Å². The van der Waals surface area contributed by atoms with Crippen molar-refractivity contribution in [3.8, 4) is 16.3 Å². The number of carbonyl (C=O) groups is 2. The Morgan fingerprint density at radius 2 is 1.71 bits per heavy atom. The first-order valence-corrected chi connectivity index (χ1v) is 11.6. The molecule has 1 aliphatic rings. The van der Waals surface area contributed by atoms with E-state index in [1.165, 1.54) is 52.6 Å². The second-order valence-corrected chi connectivity index (χ2v) is 9.04. The smallest absolute Gasteiger partial charge is 0.294 e. The highest BCUT2D eigenvalue weighted by Gasteiger charge is 2.45. The summed E-state index contributed by atoms with van der Waals surface area (Å²) in [5.74, 6) is -2.57. The van der Waals surface area contributed by atoms with Gasteiger partial charge in [-0.25, -0.2) is 9.37 Å². The fraction of sp³-hybridized carbons (Fsp3) is 0.0741. The van der Waals surface area contributed by atoms with Crippen molar-refractivity contribution in [1.29, 1.82) is 0 Å². The fourth-order valence-electron chi connectivity index (χ4n) is 4.15. The van der Waals surface area contributed by atoms with Crippen molar-refractivity contribution in [3.05, 3.63) is 112 Å². The summed E-state index contributed by atoms with van der Waals surface area (Å²) in [6.07, 6.45) is 0. The molecule has 0 saturated carbocycles. The van der Waals surface area contributed by atoms with E-state index < -0.39 is 29.3 Å². The quantitative estimate of drug-likeness (QED) is 0.351. The molecule has 35 heavy (non-hydrogen) atoms. The lowest BCUT2D eigenvalue weighted by Gasteiger charge is -2.27. The average molecular weight is 487 g/mol. The summed E-state index contributed by atoms with van der Waals surface area (Å²) in [6, 6.07) is 19.7. The first kappa shape index (κ1) is 22.5. The van der Waals surface area contributed by atoms with E-state index in [9.17, 15) is 24.2 Å². The molecule has 0 aliphatic carbocycles. The third kappa shape index (κ3) is 3.98. The van der Waals surface area contributed by atoms with E-state index in [1.54, 1.807) is 19.1 Å². The lowest BCUT2D eigenvalue weighted by atomic mass is 9.94. The molecule has 174 valence electrons. The molecule has 6 nitrogen and oxygen atoms in total. The maximum atomic E-state index is 13.8. The maximum Gasteiger partial charge on any atom is 0.294 e. The van der Waals surface area contributed by atoms with Gasteiger partial charge in [-0.05, 0) is 48.9 Å². The first-order valence-electron chi connectivity index (χ1n) is 10.7. The number of phenols is 1. The van der Waals surface area contributed by atoms with Gasteiger partial charge < -0.3 is 10.2 Å². The Morgan fingerprint density at radius 1 is 1.00 bits per heavy atom. The fourth-order valence-corrected chi connectivity index (χ4v) is 5.17. The summed E-state index contributed by atoms with van der Waals surface area (Å²) >= 11 is 1.18. The van der Waals surface area contributed by atoms with Crippen LogP contribution >= 0.6 is 11.3 Å². The molecule has 1 unspecified atom stereocenters. The number of phenolic OH excluding ortho intramolecular Hbond substituents is 1. The van der Waals surface area contributed by atoms with Gasteiger partial charge in [-0.2, -0.15) is 0 Å². The molecule has 4 aromatic rings. The highest BCUT2D eigenvalue weighted by atomic mass is 32.1. The van der Waals surface area contributed by atoms with E-state index in [0.29, 0.717) is 26.8 Å². The molecule has 1 aromatic heterocycles. The highest BCUT2D eigenvalue weighted by molar-refractivity contribution is 7.17. The number of anilines is 1. The SMILES string of the molecule is Cc1nc(-c2ccccc2)sc1C(=O)C1=C(O)C(=O)N(c2ccc(F)cc2)C1c1cccc(O)c1. The number of hydrogen-bond acceptors (Lipinski definition) is 6. The van der Waals surface area contributed by atoms with E-state index in [-0.39, 0.29) is 11.3 Å². The van der Waals surface area contributed by atoms with E-state index in [4.69, 9.17) is 0 Å². The average Bonchev–Trinajstić information content (AvgIpc) is 3.37. The Hall–Kier alpha value is -4.30.